The number of benzene rings is 1. The van der Waals surface area contributed by atoms with Crippen molar-refractivity contribution in [2.45, 2.75) is 185 Å². The average molecular weight is 963 g/mol. The second-order valence-electron chi connectivity index (χ2n) is 19.3. The van der Waals surface area contributed by atoms with E-state index < -0.39 is 108 Å². The molecule has 0 saturated carbocycles. The smallest absolute Gasteiger partial charge is 0.309 e. The SMILES string of the molecule is CCSC(=S)SC(C)(C)C(CC(C)(C)C(C)C(=O)OC(C)(C)COC(C)(C)C(=O)CCC(C)=O)c1ccc(C2OCC3OC(OC4OC(CO)C(O)C(O)C4O)C(O)C(O)C3O2)cc1. The zero-order valence-electron chi connectivity index (χ0n) is 38.8. The summed E-state index contributed by atoms with van der Waals surface area (Å²) in [6.45, 7) is 19.7. The summed E-state index contributed by atoms with van der Waals surface area (Å²) in [6.07, 6.45) is -14.8. The van der Waals surface area contributed by atoms with Crippen molar-refractivity contribution in [3.8, 4) is 0 Å². The fourth-order valence-corrected chi connectivity index (χ4v) is 11.0. The Morgan fingerprint density at radius 2 is 1.47 bits per heavy atom. The van der Waals surface area contributed by atoms with Crippen LogP contribution in [0.25, 0.3) is 0 Å². The van der Waals surface area contributed by atoms with Crippen LogP contribution >= 0.6 is 35.7 Å². The van der Waals surface area contributed by atoms with Crippen molar-refractivity contribution in [3.63, 3.8) is 0 Å². The fourth-order valence-electron chi connectivity index (χ4n) is 7.69. The summed E-state index contributed by atoms with van der Waals surface area (Å²) < 4.78 is 41.5. The molecule has 364 valence electrons. The minimum Gasteiger partial charge on any atom is -0.457 e. The number of carbonyl (C=O) groups is 3. The van der Waals surface area contributed by atoms with Crippen LogP contribution in [0.2, 0.25) is 0 Å². The molecular formula is C45H70O16S3. The van der Waals surface area contributed by atoms with E-state index in [-0.39, 0.29) is 43.5 Å². The Bertz CT molecular complexity index is 1740. The van der Waals surface area contributed by atoms with Gasteiger partial charge in [-0.3, -0.25) is 9.59 Å². The van der Waals surface area contributed by atoms with E-state index in [2.05, 4.69) is 13.8 Å². The van der Waals surface area contributed by atoms with E-state index in [1.165, 1.54) is 6.92 Å². The molecule has 3 fully saturated rings. The van der Waals surface area contributed by atoms with Crippen molar-refractivity contribution >= 4 is 56.8 Å². The van der Waals surface area contributed by atoms with E-state index in [0.29, 0.717) is 12.0 Å². The van der Waals surface area contributed by atoms with Gasteiger partial charge in [0.15, 0.2) is 24.7 Å². The standard InChI is InChI=1S/C45H70O16S3/c1-12-63-41(62)64-45(10,11)27(19-42(4,5)24(3)37(54)61-43(6,7)22-56-44(8,9)30(48)18-13-23(2)47)25-14-16-26(17-15-25)38-55-21-29-36(59-38)33(51)35(53)40(58-29)60-39-34(52)32(50)31(49)28(20-46)57-39/h14-17,24,27-29,31-36,38-40,46,49-53H,12-13,18-22H2,1-11H3. The van der Waals surface area contributed by atoms with Gasteiger partial charge in [0.05, 0.1) is 25.7 Å². The Hall–Kier alpha value is -1.66. The number of carbonyl (C=O) groups excluding carboxylic acids is 3. The summed E-state index contributed by atoms with van der Waals surface area (Å²) >= 11 is 8.97. The van der Waals surface area contributed by atoms with Gasteiger partial charge in [-0.2, -0.15) is 0 Å². The third kappa shape index (κ3) is 14.0. The molecule has 4 rings (SSSR count). The van der Waals surface area contributed by atoms with E-state index in [9.17, 15) is 45.0 Å². The largest absolute Gasteiger partial charge is 0.457 e. The van der Waals surface area contributed by atoms with Gasteiger partial charge in [0.25, 0.3) is 0 Å². The van der Waals surface area contributed by atoms with Gasteiger partial charge in [0.1, 0.15) is 69.3 Å². The Morgan fingerprint density at radius 1 is 0.859 bits per heavy atom. The first kappa shape index (κ1) is 54.9. The number of esters is 1. The summed E-state index contributed by atoms with van der Waals surface area (Å²) in [5.41, 5.74) is -1.21. The van der Waals surface area contributed by atoms with Crippen molar-refractivity contribution in [2.24, 2.45) is 11.3 Å². The van der Waals surface area contributed by atoms with E-state index in [0.717, 1.165) is 14.8 Å². The van der Waals surface area contributed by atoms with Crippen LogP contribution < -0.4 is 0 Å². The van der Waals surface area contributed by atoms with Crippen LogP contribution in [0.5, 0.6) is 0 Å². The van der Waals surface area contributed by atoms with Crippen molar-refractivity contribution in [2.75, 3.05) is 25.6 Å². The number of ketones is 2. The molecule has 1 aromatic rings. The molecule has 64 heavy (non-hydrogen) atoms. The number of hydrogen-bond donors (Lipinski definition) is 6. The minimum atomic E-state index is -1.75. The molecule has 13 unspecified atom stereocenters. The van der Waals surface area contributed by atoms with Crippen molar-refractivity contribution < 1.29 is 78.2 Å². The van der Waals surface area contributed by atoms with Crippen molar-refractivity contribution in [1.82, 2.24) is 0 Å². The molecule has 19 heteroatoms. The molecule has 3 aliphatic rings. The monoisotopic (exact) mass is 962 g/mol. The fraction of sp³-hybridized carbons (Fsp3) is 0.778. The topological polar surface area (TPSA) is 237 Å². The van der Waals surface area contributed by atoms with Gasteiger partial charge in [-0.25, -0.2) is 0 Å². The van der Waals surface area contributed by atoms with Crippen LogP contribution in [0.4, 0.5) is 0 Å². The quantitative estimate of drug-likeness (QED) is 0.0797. The van der Waals surface area contributed by atoms with Gasteiger partial charge in [-0.1, -0.05) is 64.2 Å². The molecule has 3 heterocycles. The van der Waals surface area contributed by atoms with Gasteiger partial charge >= 0.3 is 5.97 Å². The lowest BCUT2D eigenvalue weighted by Crippen LogP contribution is -2.65. The number of thiocarbonyl (C=S) groups is 1. The molecular weight excluding hydrogens is 893 g/mol. The maximum atomic E-state index is 13.9. The number of fused-ring (bicyclic) bond motifs is 1. The van der Waals surface area contributed by atoms with Crippen LogP contribution in [-0.2, 0) is 47.5 Å². The van der Waals surface area contributed by atoms with Crippen LogP contribution in [-0.4, -0.2) is 155 Å². The predicted octanol–water partition coefficient (Wildman–Crippen LogP) is 4.10. The molecule has 3 saturated heterocycles. The Morgan fingerprint density at radius 3 is 2.06 bits per heavy atom. The lowest BCUT2D eigenvalue weighted by Gasteiger charge is -2.48. The van der Waals surface area contributed by atoms with E-state index >= 15 is 0 Å². The van der Waals surface area contributed by atoms with E-state index in [1.54, 1.807) is 51.2 Å². The van der Waals surface area contributed by atoms with Crippen LogP contribution in [0.3, 0.4) is 0 Å². The van der Waals surface area contributed by atoms with E-state index in [4.69, 9.17) is 45.4 Å². The number of thioether (sulfide) groups is 2. The molecule has 1 aromatic carbocycles. The molecule has 0 aromatic heterocycles. The lowest BCUT2D eigenvalue weighted by atomic mass is 9.69. The maximum Gasteiger partial charge on any atom is 0.309 e. The zero-order chi connectivity index (χ0) is 48.1. The number of hydrogen-bond acceptors (Lipinski definition) is 19. The number of aliphatic hydroxyl groups is 6. The molecule has 0 bridgehead atoms. The Labute approximate surface area is 390 Å². The second kappa shape index (κ2) is 22.6. The second-order valence-corrected chi connectivity index (χ2v) is 23.4. The van der Waals surface area contributed by atoms with Gasteiger partial charge in [-0.15, -0.1) is 23.5 Å². The first-order valence-corrected chi connectivity index (χ1v) is 24.0. The molecule has 3 aliphatic heterocycles. The lowest BCUT2D eigenvalue weighted by molar-refractivity contribution is -0.399. The summed E-state index contributed by atoms with van der Waals surface area (Å²) in [5, 5.41) is 62.4. The Balaban J connectivity index is 1.46. The van der Waals surface area contributed by atoms with Crippen LogP contribution in [0, 0.1) is 11.3 Å². The van der Waals surface area contributed by atoms with Crippen LogP contribution in [0.1, 0.15) is 119 Å². The first-order chi connectivity index (χ1) is 29.6. The number of ether oxygens (including phenoxy) is 7. The normalized spacial score (nSPS) is 30.2. The van der Waals surface area contributed by atoms with Gasteiger partial charge < -0.3 is 68.6 Å². The Kier molecular flexibility index (Phi) is 19.4. The maximum absolute atomic E-state index is 13.9. The van der Waals surface area contributed by atoms with Crippen molar-refractivity contribution in [3.05, 3.63) is 35.4 Å². The number of Topliss-reactive ketones (excluding diaryl/α,β-unsaturated/α-hetero) is 2. The highest BCUT2D eigenvalue weighted by Crippen LogP contribution is 2.50. The first-order valence-electron chi connectivity index (χ1n) is 21.7. The molecule has 6 N–H and O–H groups in total. The molecule has 13 atom stereocenters. The summed E-state index contributed by atoms with van der Waals surface area (Å²) in [5.74, 6) is -0.567. The van der Waals surface area contributed by atoms with Gasteiger partial charge in [0, 0.05) is 23.2 Å². The predicted molar refractivity (Wildman–Crippen MR) is 243 cm³/mol. The highest BCUT2D eigenvalue weighted by Gasteiger charge is 2.52. The van der Waals surface area contributed by atoms with Crippen molar-refractivity contribution in [1.29, 1.82) is 0 Å². The average Bonchev–Trinajstić information content (AvgIpc) is 3.22. The third-order valence-electron chi connectivity index (χ3n) is 12.3. The molecule has 0 aliphatic carbocycles. The minimum absolute atomic E-state index is 0.0290. The van der Waals surface area contributed by atoms with Gasteiger partial charge in [-0.05, 0) is 77.5 Å². The zero-order valence-corrected chi connectivity index (χ0v) is 41.2. The molecule has 0 amide bonds. The highest BCUT2D eigenvalue weighted by atomic mass is 32.2. The third-order valence-corrected chi connectivity index (χ3v) is 15.0. The summed E-state index contributed by atoms with van der Waals surface area (Å²) in [6, 6.07) is 7.68. The van der Waals surface area contributed by atoms with Crippen LogP contribution in [0.15, 0.2) is 24.3 Å². The summed E-state index contributed by atoms with van der Waals surface area (Å²) in [4.78, 5) is 38.1. The number of rotatable bonds is 20. The number of aliphatic hydroxyl groups excluding tert-OH is 6. The molecule has 0 radical (unpaired) electrons. The molecule has 16 nitrogen and oxygen atoms in total. The van der Waals surface area contributed by atoms with E-state index in [1.807, 2.05) is 52.0 Å². The summed E-state index contributed by atoms with van der Waals surface area (Å²) in [7, 11) is 0. The molecule has 0 spiro atoms. The highest BCUT2D eigenvalue weighted by molar-refractivity contribution is 8.47. The van der Waals surface area contributed by atoms with Gasteiger partial charge in [0.2, 0.25) is 0 Å².